The van der Waals surface area contributed by atoms with Gasteiger partial charge >= 0.3 is 0 Å². The third-order valence-corrected chi connectivity index (χ3v) is 3.40. The van der Waals surface area contributed by atoms with Crippen LogP contribution >= 0.6 is 0 Å². The second-order valence-corrected chi connectivity index (χ2v) is 5.03. The SMILES string of the molecule is CC(C)C1CN=C(CC2CCNCC2)O1. The van der Waals surface area contributed by atoms with Gasteiger partial charge in [0.1, 0.15) is 6.10 Å². The molecule has 0 amide bonds. The Hall–Kier alpha value is -0.570. The molecule has 2 heterocycles. The predicted octanol–water partition coefficient (Wildman–Crippen LogP) is 1.83. The van der Waals surface area contributed by atoms with Crippen molar-refractivity contribution >= 4 is 5.90 Å². The molecular formula is C12H22N2O. The van der Waals surface area contributed by atoms with Gasteiger partial charge in [-0.3, -0.25) is 4.99 Å². The van der Waals surface area contributed by atoms with E-state index >= 15 is 0 Å². The van der Waals surface area contributed by atoms with Gasteiger partial charge in [0, 0.05) is 6.42 Å². The summed E-state index contributed by atoms with van der Waals surface area (Å²) in [6, 6.07) is 0. The number of piperidine rings is 1. The van der Waals surface area contributed by atoms with Crippen LogP contribution in [0, 0.1) is 11.8 Å². The third-order valence-electron chi connectivity index (χ3n) is 3.40. The first-order chi connectivity index (χ1) is 7.25. The molecule has 0 spiro atoms. The molecule has 1 saturated heterocycles. The van der Waals surface area contributed by atoms with Crippen LogP contribution in [0.1, 0.15) is 33.1 Å². The summed E-state index contributed by atoms with van der Waals surface area (Å²) in [6.45, 7) is 7.59. The van der Waals surface area contributed by atoms with Crippen molar-refractivity contribution in [3.05, 3.63) is 0 Å². The van der Waals surface area contributed by atoms with Crippen LogP contribution in [0.4, 0.5) is 0 Å². The summed E-state index contributed by atoms with van der Waals surface area (Å²) in [4.78, 5) is 4.51. The van der Waals surface area contributed by atoms with Crippen molar-refractivity contribution in [2.24, 2.45) is 16.8 Å². The first kappa shape index (κ1) is 10.9. The van der Waals surface area contributed by atoms with Crippen LogP contribution in [-0.2, 0) is 4.74 Å². The number of hydrogen-bond acceptors (Lipinski definition) is 3. The Labute approximate surface area is 92.3 Å². The largest absolute Gasteiger partial charge is 0.475 e. The Morgan fingerprint density at radius 2 is 2.13 bits per heavy atom. The van der Waals surface area contributed by atoms with E-state index in [1.54, 1.807) is 0 Å². The molecule has 2 aliphatic heterocycles. The summed E-state index contributed by atoms with van der Waals surface area (Å²) in [5, 5.41) is 3.39. The van der Waals surface area contributed by atoms with Gasteiger partial charge in [0.15, 0.2) is 5.90 Å². The summed E-state index contributed by atoms with van der Waals surface area (Å²) in [7, 11) is 0. The third kappa shape index (κ3) is 2.94. The average Bonchev–Trinajstić information content (AvgIpc) is 2.68. The number of rotatable bonds is 3. The van der Waals surface area contributed by atoms with E-state index in [9.17, 15) is 0 Å². The lowest BCUT2D eigenvalue weighted by atomic mass is 9.95. The van der Waals surface area contributed by atoms with Gasteiger partial charge in [-0.15, -0.1) is 0 Å². The fourth-order valence-electron chi connectivity index (χ4n) is 2.23. The van der Waals surface area contributed by atoms with E-state index in [4.69, 9.17) is 4.74 Å². The molecular weight excluding hydrogens is 188 g/mol. The van der Waals surface area contributed by atoms with Gasteiger partial charge in [-0.1, -0.05) is 13.8 Å². The highest BCUT2D eigenvalue weighted by molar-refractivity contribution is 5.77. The monoisotopic (exact) mass is 210 g/mol. The zero-order valence-electron chi connectivity index (χ0n) is 9.83. The van der Waals surface area contributed by atoms with E-state index < -0.39 is 0 Å². The lowest BCUT2D eigenvalue weighted by molar-refractivity contribution is 0.163. The van der Waals surface area contributed by atoms with Crippen molar-refractivity contribution in [2.75, 3.05) is 19.6 Å². The lowest BCUT2D eigenvalue weighted by Gasteiger charge is -2.23. The Balaban J connectivity index is 1.76. The van der Waals surface area contributed by atoms with E-state index in [0.717, 1.165) is 37.9 Å². The first-order valence-corrected chi connectivity index (χ1v) is 6.16. The average molecular weight is 210 g/mol. The van der Waals surface area contributed by atoms with E-state index in [0.29, 0.717) is 12.0 Å². The molecule has 0 bridgehead atoms. The summed E-state index contributed by atoms with van der Waals surface area (Å²) in [5.74, 6) is 2.38. The van der Waals surface area contributed by atoms with E-state index in [2.05, 4.69) is 24.2 Å². The quantitative estimate of drug-likeness (QED) is 0.771. The minimum Gasteiger partial charge on any atom is -0.475 e. The highest BCUT2D eigenvalue weighted by atomic mass is 16.5. The molecule has 0 aromatic carbocycles. The van der Waals surface area contributed by atoms with Gasteiger partial charge in [-0.05, 0) is 37.8 Å². The molecule has 3 nitrogen and oxygen atoms in total. The minimum atomic E-state index is 0.335. The molecule has 0 aromatic rings. The van der Waals surface area contributed by atoms with Crippen LogP contribution in [0.25, 0.3) is 0 Å². The highest BCUT2D eigenvalue weighted by Crippen LogP contribution is 2.21. The van der Waals surface area contributed by atoms with Crippen LogP contribution < -0.4 is 5.32 Å². The van der Waals surface area contributed by atoms with Gasteiger partial charge in [0.05, 0.1) is 6.54 Å². The van der Waals surface area contributed by atoms with Crippen molar-refractivity contribution in [2.45, 2.75) is 39.2 Å². The Kier molecular flexibility index (Phi) is 3.62. The standard InChI is InChI=1S/C12H22N2O/c1-9(2)11-8-14-12(15-11)7-10-3-5-13-6-4-10/h9-11,13H,3-8H2,1-2H3. The van der Waals surface area contributed by atoms with Crippen LogP contribution in [0.3, 0.4) is 0 Å². The Morgan fingerprint density at radius 3 is 2.73 bits per heavy atom. The topological polar surface area (TPSA) is 33.6 Å². The van der Waals surface area contributed by atoms with Gasteiger partial charge < -0.3 is 10.1 Å². The molecule has 3 heteroatoms. The van der Waals surface area contributed by atoms with Crippen LogP contribution in [0.5, 0.6) is 0 Å². The van der Waals surface area contributed by atoms with Crippen molar-refractivity contribution < 1.29 is 4.74 Å². The number of ether oxygens (including phenoxy) is 1. The molecule has 86 valence electrons. The maximum Gasteiger partial charge on any atom is 0.184 e. The fraction of sp³-hybridized carbons (Fsp3) is 0.917. The predicted molar refractivity (Wildman–Crippen MR) is 62.2 cm³/mol. The molecule has 1 fully saturated rings. The molecule has 2 aliphatic rings. The van der Waals surface area contributed by atoms with E-state index in [1.807, 2.05) is 0 Å². The molecule has 0 aromatic heterocycles. The van der Waals surface area contributed by atoms with Crippen LogP contribution in [-0.4, -0.2) is 31.6 Å². The summed E-state index contributed by atoms with van der Waals surface area (Å²) in [6.07, 6.45) is 3.94. The summed E-state index contributed by atoms with van der Waals surface area (Å²) >= 11 is 0. The minimum absolute atomic E-state index is 0.335. The van der Waals surface area contributed by atoms with Gasteiger partial charge in [0.25, 0.3) is 0 Å². The van der Waals surface area contributed by atoms with Crippen molar-refractivity contribution in [3.63, 3.8) is 0 Å². The molecule has 1 unspecified atom stereocenters. The zero-order valence-corrected chi connectivity index (χ0v) is 9.83. The first-order valence-electron chi connectivity index (χ1n) is 6.16. The van der Waals surface area contributed by atoms with E-state index in [1.165, 1.54) is 12.8 Å². The van der Waals surface area contributed by atoms with Crippen LogP contribution in [0.15, 0.2) is 4.99 Å². The van der Waals surface area contributed by atoms with Crippen molar-refractivity contribution in [3.8, 4) is 0 Å². The molecule has 1 atom stereocenters. The zero-order chi connectivity index (χ0) is 10.7. The van der Waals surface area contributed by atoms with Crippen molar-refractivity contribution in [1.82, 2.24) is 5.32 Å². The lowest BCUT2D eigenvalue weighted by Crippen LogP contribution is -2.29. The normalized spacial score (nSPS) is 27.9. The maximum absolute atomic E-state index is 5.86. The fourth-order valence-corrected chi connectivity index (χ4v) is 2.23. The van der Waals surface area contributed by atoms with Gasteiger partial charge in [-0.2, -0.15) is 0 Å². The summed E-state index contributed by atoms with van der Waals surface area (Å²) < 4.78 is 5.86. The molecule has 0 saturated carbocycles. The number of aliphatic imine (C=N–C) groups is 1. The number of nitrogens with one attached hydrogen (secondary N) is 1. The number of nitrogens with zero attached hydrogens (tertiary/aromatic N) is 1. The second kappa shape index (κ2) is 4.97. The number of hydrogen-bond donors (Lipinski definition) is 1. The molecule has 15 heavy (non-hydrogen) atoms. The van der Waals surface area contributed by atoms with Gasteiger partial charge in [0.2, 0.25) is 0 Å². The second-order valence-electron chi connectivity index (χ2n) is 5.03. The molecule has 0 aliphatic carbocycles. The maximum atomic E-state index is 5.86. The highest BCUT2D eigenvalue weighted by Gasteiger charge is 2.25. The molecule has 0 radical (unpaired) electrons. The van der Waals surface area contributed by atoms with Crippen molar-refractivity contribution in [1.29, 1.82) is 0 Å². The molecule has 1 N–H and O–H groups in total. The van der Waals surface area contributed by atoms with E-state index in [-0.39, 0.29) is 0 Å². The Morgan fingerprint density at radius 1 is 1.40 bits per heavy atom. The summed E-state index contributed by atoms with van der Waals surface area (Å²) in [5.41, 5.74) is 0. The molecule has 2 rings (SSSR count). The van der Waals surface area contributed by atoms with Crippen LogP contribution in [0.2, 0.25) is 0 Å². The Bertz CT molecular complexity index is 232. The van der Waals surface area contributed by atoms with Gasteiger partial charge in [-0.25, -0.2) is 0 Å². The smallest absolute Gasteiger partial charge is 0.184 e.